The topological polar surface area (TPSA) is 12.0 Å². The van der Waals surface area contributed by atoms with E-state index in [4.69, 9.17) is 0 Å². The molecule has 0 bridgehead atoms. The molecule has 0 aliphatic rings. The summed E-state index contributed by atoms with van der Waals surface area (Å²) in [6, 6.07) is 5.27. The molecular formula is C16H29NS. The minimum absolute atomic E-state index is 0.663. The lowest BCUT2D eigenvalue weighted by atomic mass is 10.0. The molecule has 1 atom stereocenters. The van der Waals surface area contributed by atoms with Crippen molar-refractivity contribution in [3.63, 3.8) is 0 Å². The molecule has 2 heteroatoms. The molecule has 1 rings (SSSR count). The van der Waals surface area contributed by atoms with Gasteiger partial charge in [0.2, 0.25) is 0 Å². The Balaban J connectivity index is 2.47. The molecule has 0 radical (unpaired) electrons. The monoisotopic (exact) mass is 267 g/mol. The van der Waals surface area contributed by atoms with Crippen LogP contribution in [0.15, 0.2) is 12.1 Å². The fraction of sp³-hybridized carbons (Fsp3) is 0.750. The van der Waals surface area contributed by atoms with Crippen LogP contribution in [0.5, 0.6) is 0 Å². The average Bonchev–Trinajstić information content (AvgIpc) is 2.80. The highest BCUT2D eigenvalue weighted by Crippen LogP contribution is 2.20. The summed E-state index contributed by atoms with van der Waals surface area (Å²) < 4.78 is 0. The Labute approximate surface area is 117 Å². The second-order valence-corrected chi connectivity index (χ2v) is 6.80. The van der Waals surface area contributed by atoms with Crippen LogP contribution in [0, 0.1) is 5.92 Å². The number of hydrogen-bond donors (Lipinski definition) is 1. The molecule has 0 aromatic carbocycles. The summed E-state index contributed by atoms with van der Waals surface area (Å²) in [7, 11) is 0. The lowest BCUT2D eigenvalue weighted by molar-refractivity contribution is 0.429. The zero-order chi connectivity index (χ0) is 13.4. The van der Waals surface area contributed by atoms with Gasteiger partial charge in [0.15, 0.2) is 0 Å². The number of thiophene rings is 1. The van der Waals surface area contributed by atoms with Crippen molar-refractivity contribution in [2.45, 2.75) is 65.8 Å². The van der Waals surface area contributed by atoms with Gasteiger partial charge in [0, 0.05) is 15.8 Å². The van der Waals surface area contributed by atoms with Crippen LogP contribution >= 0.6 is 11.3 Å². The largest absolute Gasteiger partial charge is 0.314 e. The lowest BCUT2D eigenvalue weighted by Crippen LogP contribution is -2.31. The molecule has 0 saturated heterocycles. The number of hydrogen-bond acceptors (Lipinski definition) is 2. The molecule has 0 aliphatic heterocycles. The molecule has 0 amide bonds. The van der Waals surface area contributed by atoms with E-state index in [9.17, 15) is 0 Å². The third-order valence-electron chi connectivity index (χ3n) is 3.29. The van der Waals surface area contributed by atoms with Gasteiger partial charge in [-0.1, -0.05) is 27.7 Å². The molecule has 104 valence electrons. The number of rotatable bonds is 9. The highest BCUT2D eigenvalue weighted by atomic mass is 32.1. The third-order valence-corrected chi connectivity index (χ3v) is 4.54. The van der Waals surface area contributed by atoms with Crippen molar-refractivity contribution < 1.29 is 0 Å². The molecule has 1 unspecified atom stereocenters. The molecule has 0 saturated carbocycles. The minimum atomic E-state index is 0.663. The van der Waals surface area contributed by atoms with Gasteiger partial charge in [-0.25, -0.2) is 0 Å². The van der Waals surface area contributed by atoms with Gasteiger partial charge in [0.1, 0.15) is 0 Å². The Bertz CT molecular complexity index is 317. The van der Waals surface area contributed by atoms with Crippen molar-refractivity contribution in [2.75, 3.05) is 6.54 Å². The van der Waals surface area contributed by atoms with Gasteiger partial charge in [0.25, 0.3) is 0 Å². The Morgan fingerprint density at radius 3 is 2.39 bits per heavy atom. The summed E-state index contributed by atoms with van der Waals surface area (Å²) in [6.07, 6.45) is 6.23. The molecule has 1 aromatic rings. The standard InChI is InChI=1S/C16H29NS/c1-5-11-17-14(8-7-13(3)4)12-16-10-9-15(6-2)18-16/h9-10,13-14,17H,5-8,11-12H2,1-4H3. The van der Waals surface area contributed by atoms with E-state index >= 15 is 0 Å². The van der Waals surface area contributed by atoms with E-state index < -0.39 is 0 Å². The molecule has 1 N–H and O–H groups in total. The van der Waals surface area contributed by atoms with E-state index in [0.717, 1.165) is 12.5 Å². The first-order valence-electron chi connectivity index (χ1n) is 7.46. The summed E-state index contributed by atoms with van der Waals surface area (Å²) in [4.78, 5) is 3.06. The van der Waals surface area contributed by atoms with Gasteiger partial charge in [0.05, 0.1) is 0 Å². The quantitative estimate of drug-likeness (QED) is 0.686. The summed E-state index contributed by atoms with van der Waals surface area (Å²) in [5, 5.41) is 3.71. The van der Waals surface area contributed by atoms with Crippen LogP contribution in [0.4, 0.5) is 0 Å². The first-order chi connectivity index (χ1) is 8.65. The zero-order valence-corrected chi connectivity index (χ0v) is 13.3. The summed E-state index contributed by atoms with van der Waals surface area (Å²) in [5.41, 5.74) is 0. The van der Waals surface area contributed by atoms with E-state index in [1.165, 1.54) is 37.0 Å². The van der Waals surface area contributed by atoms with Crippen LogP contribution < -0.4 is 5.32 Å². The average molecular weight is 267 g/mol. The smallest absolute Gasteiger partial charge is 0.0115 e. The predicted octanol–water partition coefficient (Wildman–Crippen LogP) is 4.66. The molecular weight excluding hydrogens is 238 g/mol. The van der Waals surface area contributed by atoms with E-state index in [2.05, 4.69) is 45.1 Å². The van der Waals surface area contributed by atoms with Crippen LogP contribution in [0.1, 0.15) is 56.7 Å². The van der Waals surface area contributed by atoms with Gasteiger partial charge in [-0.05, 0) is 56.7 Å². The maximum absolute atomic E-state index is 3.71. The Kier molecular flexibility index (Phi) is 7.60. The Morgan fingerprint density at radius 1 is 1.11 bits per heavy atom. The van der Waals surface area contributed by atoms with Crippen molar-refractivity contribution in [1.29, 1.82) is 0 Å². The SMILES string of the molecule is CCCNC(CCC(C)C)Cc1ccc(CC)s1. The Hall–Kier alpha value is -0.340. The first-order valence-corrected chi connectivity index (χ1v) is 8.28. The van der Waals surface area contributed by atoms with Gasteiger partial charge in [-0.15, -0.1) is 11.3 Å². The van der Waals surface area contributed by atoms with Crippen LogP contribution in [-0.2, 0) is 12.8 Å². The maximum Gasteiger partial charge on any atom is 0.0115 e. The first kappa shape index (κ1) is 15.7. The van der Waals surface area contributed by atoms with Crippen molar-refractivity contribution >= 4 is 11.3 Å². The normalized spacial score (nSPS) is 13.2. The molecule has 18 heavy (non-hydrogen) atoms. The van der Waals surface area contributed by atoms with Gasteiger partial charge in [-0.2, -0.15) is 0 Å². The van der Waals surface area contributed by atoms with Crippen molar-refractivity contribution in [3.05, 3.63) is 21.9 Å². The number of aryl methyl sites for hydroxylation is 1. The zero-order valence-electron chi connectivity index (χ0n) is 12.5. The lowest BCUT2D eigenvalue weighted by Gasteiger charge is -2.18. The molecule has 1 aromatic heterocycles. The highest BCUT2D eigenvalue weighted by molar-refractivity contribution is 7.11. The van der Waals surface area contributed by atoms with Crippen LogP contribution in [0.25, 0.3) is 0 Å². The molecule has 0 aliphatic carbocycles. The van der Waals surface area contributed by atoms with Gasteiger partial charge < -0.3 is 5.32 Å². The van der Waals surface area contributed by atoms with Gasteiger partial charge >= 0.3 is 0 Å². The fourth-order valence-electron chi connectivity index (χ4n) is 2.12. The Morgan fingerprint density at radius 2 is 1.83 bits per heavy atom. The molecule has 0 fully saturated rings. The predicted molar refractivity (Wildman–Crippen MR) is 83.6 cm³/mol. The van der Waals surface area contributed by atoms with Crippen molar-refractivity contribution in [2.24, 2.45) is 5.92 Å². The number of nitrogens with one attached hydrogen (secondary N) is 1. The van der Waals surface area contributed by atoms with Crippen LogP contribution in [-0.4, -0.2) is 12.6 Å². The highest BCUT2D eigenvalue weighted by Gasteiger charge is 2.11. The fourth-order valence-corrected chi connectivity index (χ4v) is 3.16. The van der Waals surface area contributed by atoms with E-state index in [1.54, 1.807) is 4.88 Å². The summed E-state index contributed by atoms with van der Waals surface area (Å²) in [6.45, 7) is 10.3. The van der Waals surface area contributed by atoms with E-state index in [-0.39, 0.29) is 0 Å². The second kappa shape index (κ2) is 8.71. The summed E-state index contributed by atoms with van der Waals surface area (Å²) in [5.74, 6) is 0.811. The van der Waals surface area contributed by atoms with E-state index in [1.807, 2.05) is 11.3 Å². The third kappa shape index (κ3) is 6.01. The van der Waals surface area contributed by atoms with Crippen molar-refractivity contribution in [1.82, 2.24) is 5.32 Å². The van der Waals surface area contributed by atoms with Gasteiger partial charge in [-0.3, -0.25) is 0 Å². The van der Waals surface area contributed by atoms with Crippen LogP contribution in [0.3, 0.4) is 0 Å². The van der Waals surface area contributed by atoms with Crippen LogP contribution in [0.2, 0.25) is 0 Å². The molecule has 0 spiro atoms. The maximum atomic E-state index is 3.71. The minimum Gasteiger partial charge on any atom is -0.314 e. The molecule has 1 heterocycles. The van der Waals surface area contributed by atoms with E-state index in [0.29, 0.717) is 6.04 Å². The van der Waals surface area contributed by atoms with Crippen molar-refractivity contribution in [3.8, 4) is 0 Å². The summed E-state index contributed by atoms with van der Waals surface area (Å²) >= 11 is 1.99. The molecule has 1 nitrogen and oxygen atoms in total. The second-order valence-electron chi connectivity index (χ2n) is 5.55.